The van der Waals surface area contributed by atoms with Crippen LogP contribution >= 0.6 is 0 Å². The number of hydrogen-bond donors (Lipinski definition) is 2. The number of nitrogens with one attached hydrogen (secondary N) is 2. The third kappa shape index (κ3) is 7.82. The first-order chi connectivity index (χ1) is 15.1. The van der Waals surface area contributed by atoms with Crippen molar-refractivity contribution in [3.8, 4) is 11.5 Å². The third-order valence-electron chi connectivity index (χ3n) is 4.01. The van der Waals surface area contributed by atoms with Gasteiger partial charge in [0.1, 0.15) is 11.5 Å². The fourth-order valence-corrected chi connectivity index (χ4v) is 2.57. The maximum absolute atomic E-state index is 12.3. The van der Waals surface area contributed by atoms with Crippen LogP contribution in [0.4, 0.5) is 18.9 Å². The van der Waals surface area contributed by atoms with Crippen LogP contribution in [0.15, 0.2) is 48.5 Å². The second-order valence-electron chi connectivity index (χ2n) is 6.48. The van der Waals surface area contributed by atoms with Gasteiger partial charge < -0.3 is 25.0 Å². The minimum atomic E-state index is -4.81. The van der Waals surface area contributed by atoms with Gasteiger partial charge in [-0.2, -0.15) is 0 Å². The lowest BCUT2D eigenvalue weighted by Gasteiger charge is -2.17. The number of halogens is 3. The molecule has 0 heterocycles. The molecule has 2 rings (SSSR count). The summed E-state index contributed by atoms with van der Waals surface area (Å²) in [4.78, 5) is 37.8. The molecule has 0 aromatic heterocycles. The summed E-state index contributed by atoms with van der Waals surface area (Å²) in [5, 5.41) is 4.94. The molecule has 172 valence electrons. The van der Waals surface area contributed by atoms with Crippen LogP contribution in [0.3, 0.4) is 0 Å². The normalized spacial score (nSPS) is 10.8. The Hall–Kier alpha value is -3.76. The van der Waals surface area contributed by atoms with E-state index >= 15 is 0 Å². The van der Waals surface area contributed by atoms with Crippen molar-refractivity contribution in [3.63, 3.8) is 0 Å². The van der Waals surface area contributed by atoms with Gasteiger partial charge in [-0.3, -0.25) is 14.4 Å². The molecule has 0 fully saturated rings. The molecule has 2 aromatic rings. The lowest BCUT2D eigenvalue weighted by molar-refractivity contribution is -0.274. The largest absolute Gasteiger partial charge is 0.573 e. The van der Waals surface area contributed by atoms with Gasteiger partial charge in [0.2, 0.25) is 11.8 Å². The van der Waals surface area contributed by atoms with Crippen molar-refractivity contribution in [2.45, 2.75) is 13.3 Å². The standard InChI is InChI=1S/C21H22F3N3O5/c1-3-31-17-7-5-4-6-16(17)20(30)25-12-19(29)27(2)13-18(28)26-14-8-10-15(11-9-14)32-21(22,23)24/h4-11H,3,12-13H2,1-2H3,(H,25,30)(H,26,28). The molecule has 0 unspecified atom stereocenters. The zero-order valence-electron chi connectivity index (χ0n) is 17.4. The first-order valence-corrected chi connectivity index (χ1v) is 9.48. The molecule has 0 atom stereocenters. The molecule has 2 N–H and O–H groups in total. The summed E-state index contributed by atoms with van der Waals surface area (Å²) in [7, 11) is 1.38. The average molecular weight is 453 g/mol. The van der Waals surface area contributed by atoms with Crippen molar-refractivity contribution in [1.82, 2.24) is 10.2 Å². The van der Waals surface area contributed by atoms with Crippen molar-refractivity contribution in [1.29, 1.82) is 0 Å². The van der Waals surface area contributed by atoms with Gasteiger partial charge in [-0.25, -0.2) is 0 Å². The molecule has 32 heavy (non-hydrogen) atoms. The van der Waals surface area contributed by atoms with Crippen molar-refractivity contribution < 1.29 is 37.0 Å². The van der Waals surface area contributed by atoms with Gasteiger partial charge in [-0.15, -0.1) is 13.2 Å². The summed E-state index contributed by atoms with van der Waals surface area (Å²) >= 11 is 0. The van der Waals surface area contributed by atoms with Gasteiger partial charge >= 0.3 is 6.36 Å². The Morgan fingerprint density at radius 2 is 1.69 bits per heavy atom. The number of para-hydroxylation sites is 1. The van der Waals surface area contributed by atoms with Crippen LogP contribution in [-0.4, -0.2) is 55.7 Å². The quantitative estimate of drug-likeness (QED) is 0.609. The molecular formula is C21H22F3N3O5. The highest BCUT2D eigenvalue weighted by Gasteiger charge is 2.31. The number of likely N-dealkylation sites (N-methyl/N-ethyl adjacent to an activating group) is 1. The maximum atomic E-state index is 12.3. The minimum absolute atomic E-state index is 0.228. The number of nitrogens with zero attached hydrogens (tertiary/aromatic N) is 1. The van der Waals surface area contributed by atoms with E-state index in [0.717, 1.165) is 17.0 Å². The lowest BCUT2D eigenvalue weighted by Crippen LogP contribution is -2.41. The van der Waals surface area contributed by atoms with Crippen LogP contribution in [0, 0.1) is 0 Å². The number of ether oxygens (including phenoxy) is 2. The zero-order valence-corrected chi connectivity index (χ0v) is 17.4. The molecule has 0 aliphatic heterocycles. The van der Waals surface area contributed by atoms with E-state index in [-0.39, 0.29) is 24.3 Å². The number of amides is 3. The molecule has 0 bridgehead atoms. The molecule has 0 spiro atoms. The Bertz CT molecular complexity index is 948. The predicted molar refractivity (Wildman–Crippen MR) is 109 cm³/mol. The molecule has 3 amide bonds. The van der Waals surface area contributed by atoms with Crippen molar-refractivity contribution in [3.05, 3.63) is 54.1 Å². The number of alkyl halides is 3. The van der Waals surface area contributed by atoms with E-state index < -0.39 is 29.8 Å². The number of hydrogen-bond acceptors (Lipinski definition) is 5. The first-order valence-electron chi connectivity index (χ1n) is 9.48. The summed E-state index contributed by atoms with van der Waals surface area (Å²) in [6, 6.07) is 11.1. The highest BCUT2D eigenvalue weighted by Crippen LogP contribution is 2.24. The SMILES string of the molecule is CCOc1ccccc1C(=O)NCC(=O)N(C)CC(=O)Nc1ccc(OC(F)(F)F)cc1. The third-order valence-corrected chi connectivity index (χ3v) is 4.01. The first kappa shape index (κ1) is 24.5. The number of rotatable bonds is 9. The Kier molecular flexibility index (Phi) is 8.45. The Labute approximate surface area is 182 Å². The number of carbonyl (C=O) groups excluding carboxylic acids is 3. The maximum Gasteiger partial charge on any atom is 0.573 e. The highest BCUT2D eigenvalue weighted by atomic mass is 19.4. The van der Waals surface area contributed by atoms with Crippen LogP contribution in [0.2, 0.25) is 0 Å². The van der Waals surface area contributed by atoms with Crippen molar-refractivity contribution in [2.24, 2.45) is 0 Å². The summed E-state index contributed by atoms with van der Waals surface area (Å²) in [5.74, 6) is -1.63. The second-order valence-corrected chi connectivity index (χ2v) is 6.48. The molecule has 0 aliphatic rings. The number of anilines is 1. The summed E-state index contributed by atoms with van der Waals surface area (Å²) < 4.78 is 45.6. The van der Waals surface area contributed by atoms with Gasteiger partial charge in [-0.05, 0) is 43.3 Å². The molecule has 0 aliphatic carbocycles. The van der Waals surface area contributed by atoms with E-state index in [9.17, 15) is 27.6 Å². The number of carbonyl (C=O) groups is 3. The molecule has 0 saturated carbocycles. The minimum Gasteiger partial charge on any atom is -0.493 e. The van der Waals surface area contributed by atoms with Crippen LogP contribution in [0.5, 0.6) is 11.5 Å². The van der Waals surface area contributed by atoms with Gasteiger partial charge in [0.15, 0.2) is 0 Å². The fourth-order valence-electron chi connectivity index (χ4n) is 2.57. The van der Waals surface area contributed by atoms with E-state index in [1.54, 1.807) is 31.2 Å². The van der Waals surface area contributed by atoms with Gasteiger partial charge in [0, 0.05) is 12.7 Å². The van der Waals surface area contributed by atoms with Crippen molar-refractivity contribution >= 4 is 23.4 Å². The highest BCUT2D eigenvalue weighted by molar-refractivity contribution is 5.99. The van der Waals surface area contributed by atoms with Crippen LogP contribution in [-0.2, 0) is 9.59 Å². The van der Waals surface area contributed by atoms with Crippen molar-refractivity contribution in [2.75, 3.05) is 32.1 Å². The molecular weight excluding hydrogens is 431 g/mol. The van der Waals surface area contributed by atoms with E-state index in [1.165, 1.54) is 19.2 Å². The predicted octanol–water partition coefficient (Wildman–Crippen LogP) is 2.81. The van der Waals surface area contributed by atoms with Crippen LogP contribution in [0.1, 0.15) is 17.3 Å². The summed E-state index contributed by atoms with van der Waals surface area (Å²) in [6.45, 7) is 1.49. The van der Waals surface area contributed by atoms with Gasteiger partial charge in [0.25, 0.3) is 5.91 Å². The Morgan fingerprint density at radius 3 is 2.31 bits per heavy atom. The lowest BCUT2D eigenvalue weighted by atomic mass is 10.2. The summed E-state index contributed by atoms with van der Waals surface area (Å²) in [6.07, 6.45) is -4.81. The van der Waals surface area contributed by atoms with E-state index in [1.807, 2.05) is 0 Å². The molecule has 2 aromatic carbocycles. The molecule has 11 heteroatoms. The van der Waals surface area contributed by atoms with Gasteiger partial charge in [0.05, 0.1) is 25.3 Å². The van der Waals surface area contributed by atoms with E-state index in [4.69, 9.17) is 4.74 Å². The summed E-state index contributed by atoms with van der Waals surface area (Å²) in [5.41, 5.74) is 0.506. The Morgan fingerprint density at radius 1 is 1.03 bits per heavy atom. The Balaban J connectivity index is 1.83. The average Bonchev–Trinajstić information content (AvgIpc) is 2.72. The van der Waals surface area contributed by atoms with Crippen LogP contribution < -0.4 is 20.1 Å². The number of benzene rings is 2. The fraction of sp³-hybridized carbons (Fsp3) is 0.286. The van der Waals surface area contributed by atoms with E-state index in [0.29, 0.717) is 12.4 Å². The van der Waals surface area contributed by atoms with Gasteiger partial charge in [-0.1, -0.05) is 12.1 Å². The zero-order chi connectivity index (χ0) is 23.7. The monoisotopic (exact) mass is 453 g/mol. The van der Waals surface area contributed by atoms with Crippen LogP contribution in [0.25, 0.3) is 0 Å². The second kappa shape index (κ2) is 11.0. The smallest absolute Gasteiger partial charge is 0.493 e. The molecule has 8 nitrogen and oxygen atoms in total. The molecule has 0 radical (unpaired) electrons. The topological polar surface area (TPSA) is 97.0 Å². The molecule has 0 saturated heterocycles. The van der Waals surface area contributed by atoms with E-state index in [2.05, 4.69) is 15.4 Å².